The number of nitrogens with two attached hydrogens (primary N) is 1. The van der Waals surface area contributed by atoms with Crippen LogP contribution < -0.4 is 5.73 Å². The van der Waals surface area contributed by atoms with Crippen LogP contribution in [0, 0.1) is 6.92 Å². The highest BCUT2D eigenvalue weighted by atomic mass is 14.7. The first-order valence-electron chi connectivity index (χ1n) is 5.40. The molecule has 0 fully saturated rings. The molecule has 0 aromatic carbocycles. The quantitative estimate of drug-likeness (QED) is 0.778. The van der Waals surface area contributed by atoms with E-state index in [1.807, 2.05) is 12.3 Å². The zero-order valence-electron chi connectivity index (χ0n) is 9.16. The largest absolute Gasteiger partial charge is 0.327 e. The van der Waals surface area contributed by atoms with Crippen molar-refractivity contribution in [1.29, 1.82) is 0 Å². The Kier molecular flexibility index (Phi) is 4.60. The molecule has 0 bridgehead atoms. The normalized spacial score (nSPS) is 12.8. The van der Waals surface area contributed by atoms with E-state index in [-0.39, 0.29) is 6.04 Å². The average molecular weight is 192 g/mol. The Hall–Kier alpha value is -0.890. The van der Waals surface area contributed by atoms with Gasteiger partial charge in [-0.1, -0.05) is 25.8 Å². The van der Waals surface area contributed by atoms with E-state index in [9.17, 15) is 0 Å². The fourth-order valence-corrected chi connectivity index (χ4v) is 1.55. The molecule has 1 heterocycles. The smallest absolute Gasteiger partial charge is 0.0448 e. The maximum Gasteiger partial charge on any atom is 0.0448 e. The van der Waals surface area contributed by atoms with Gasteiger partial charge >= 0.3 is 0 Å². The summed E-state index contributed by atoms with van der Waals surface area (Å²) in [4.78, 5) is 4.35. The molecule has 1 aromatic heterocycles. The molecule has 1 rings (SSSR count). The van der Waals surface area contributed by atoms with Gasteiger partial charge in [0.25, 0.3) is 0 Å². The van der Waals surface area contributed by atoms with E-state index in [0.29, 0.717) is 0 Å². The Morgan fingerprint density at radius 2 is 2.29 bits per heavy atom. The number of rotatable bonds is 5. The fourth-order valence-electron chi connectivity index (χ4n) is 1.55. The molecule has 0 radical (unpaired) electrons. The van der Waals surface area contributed by atoms with Crippen molar-refractivity contribution in [3.05, 3.63) is 29.6 Å². The van der Waals surface area contributed by atoms with Crippen molar-refractivity contribution in [2.24, 2.45) is 5.73 Å². The molecule has 0 saturated carbocycles. The van der Waals surface area contributed by atoms with Crippen molar-refractivity contribution in [2.75, 3.05) is 0 Å². The lowest BCUT2D eigenvalue weighted by atomic mass is 10.0. The molecule has 0 saturated heterocycles. The van der Waals surface area contributed by atoms with Crippen LogP contribution in [-0.4, -0.2) is 11.0 Å². The van der Waals surface area contributed by atoms with Gasteiger partial charge in [-0.15, -0.1) is 0 Å². The molecule has 2 heteroatoms. The van der Waals surface area contributed by atoms with E-state index >= 15 is 0 Å². The zero-order valence-corrected chi connectivity index (χ0v) is 9.16. The molecular weight excluding hydrogens is 172 g/mol. The first-order valence-corrected chi connectivity index (χ1v) is 5.40. The van der Waals surface area contributed by atoms with Crippen LogP contribution in [0.5, 0.6) is 0 Å². The maximum atomic E-state index is 6.02. The maximum absolute atomic E-state index is 6.02. The van der Waals surface area contributed by atoms with E-state index in [2.05, 4.69) is 24.9 Å². The third-order valence-corrected chi connectivity index (χ3v) is 2.50. The van der Waals surface area contributed by atoms with Gasteiger partial charge in [-0.05, 0) is 25.0 Å². The second-order valence-electron chi connectivity index (χ2n) is 3.87. The minimum Gasteiger partial charge on any atom is -0.327 e. The minimum absolute atomic E-state index is 0.267. The molecule has 78 valence electrons. The Labute approximate surface area is 86.5 Å². The molecule has 1 atom stereocenters. The van der Waals surface area contributed by atoms with Crippen LogP contribution in [-0.2, 0) is 6.42 Å². The zero-order chi connectivity index (χ0) is 10.4. The number of unbranched alkanes of at least 4 members (excludes halogenated alkanes) is 1. The van der Waals surface area contributed by atoms with Crippen molar-refractivity contribution in [3.8, 4) is 0 Å². The summed E-state index contributed by atoms with van der Waals surface area (Å²) in [5.41, 5.74) is 8.42. The highest BCUT2D eigenvalue weighted by Gasteiger charge is 2.06. The lowest BCUT2D eigenvalue weighted by Gasteiger charge is -2.11. The van der Waals surface area contributed by atoms with Gasteiger partial charge in [-0.25, -0.2) is 0 Å². The third kappa shape index (κ3) is 3.46. The number of aryl methyl sites for hydroxylation is 1. The molecule has 1 aromatic rings. The van der Waals surface area contributed by atoms with Gasteiger partial charge in [0.15, 0.2) is 0 Å². The van der Waals surface area contributed by atoms with E-state index in [1.54, 1.807) is 0 Å². The summed E-state index contributed by atoms with van der Waals surface area (Å²) >= 11 is 0. The number of nitrogens with zero attached hydrogens (tertiary/aromatic N) is 1. The first-order chi connectivity index (χ1) is 6.74. The topological polar surface area (TPSA) is 38.9 Å². The van der Waals surface area contributed by atoms with Crippen LogP contribution in [0.2, 0.25) is 0 Å². The lowest BCUT2D eigenvalue weighted by molar-refractivity contribution is 0.567. The molecule has 2 N–H and O–H groups in total. The highest BCUT2D eigenvalue weighted by Crippen LogP contribution is 2.08. The van der Waals surface area contributed by atoms with Gasteiger partial charge in [-0.3, -0.25) is 4.98 Å². The van der Waals surface area contributed by atoms with Gasteiger partial charge in [0.1, 0.15) is 0 Å². The van der Waals surface area contributed by atoms with Crippen LogP contribution in [0.1, 0.15) is 37.4 Å². The second kappa shape index (κ2) is 5.76. The summed E-state index contributed by atoms with van der Waals surface area (Å²) in [6, 6.07) is 4.33. The van der Waals surface area contributed by atoms with Crippen LogP contribution in [0.3, 0.4) is 0 Å². The average Bonchev–Trinajstić information content (AvgIpc) is 2.18. The molecule has 0 aliphatic heterocycles. The van der Waals surface area contributed by atoms with Crippen LogP contribution in [0.4, 0.5) is 0 Å². The molecular formula is C12H20N2. The van der Waals surface area contributed by atoms with Crippen molar-refractivity contribution >= 4 is 0 Å². The van der Waals surface area contributed by atoms with Crippen molar-refractivity contribution in [1.82, 2.24) is 4.98 Å². The Morgan fingerprint density at radius 1 is 1.50 bits per heavy atom. The van der Waals surface area contributed by atoms with E-state index < -0.39 is 0 Å². The molecule has 14 heavy (non-hydrogen) atoms. The second-order valence-corrected chi connectivity index (χ2v) is 3.87. The van der Waals surface area contributed by atoms with Crippen LogP contribution in [0.15, 0.2) is 18.3 Å². The number of hydrogen-bond donors (Lipinski definition) is 1. The summed E-state index contributed by atoms with van der Waals surface area (Å²) in [7, 11) is 0. The SMILES string of the molecule is CCCCC(N)Cc1ncccc1C. The van der Waals surface area contributed by atoms with Gasteiger partial charge < -0.3 is 5.73 Å². The molecule has 2 nitrogen and oxygen atoms in total. The van der Waals surface area contributed by atoms with Crippen LogP contribution >= 0.6 is 0 Å². The summed E-state index contributed by atoms with van der Waals surface area (Å²) in [5.74, 6) is 0. The predicted octanol–water partition coefficient (Wildman–Crippen LogP) is 2.45. The molecule has 0 amide bonds. The molecule has 0 aliphatic carbocycles. The Morgan fingerprint density at radius 3 is 2.93 bits per heavy atom. The van der Waals surface area contributed by atoms with Gasteiger partial charge in [0, 0.05) is 24.4 Å². The van der Waals surface area contributed by atoms with E-state index in [4.69, 9.17) is 5.73 Å². The van der Waals surface area contributed by atoms with Crippen LogP contribution in [0.25, 0.3) is 0 Å². The summed E-state index contributed by atoms with van der Waals surface area (Å²) in [6.45, 7) is 4.29. The lowest BCUT2D eigenvalue weighted by Crippen LogP contribution is -2.23. The highest BCUT2D eigenvalue weighted by molar-refractivity contribution is 5.18. The Balaban J connectivity index is 2.47. The fraction of sp³-hybridized carbons (Fsp3) is 0.583. The number of hydrogen-bond acceptors (Lipinski definition) is 2. The van der Waals surface area contributed by atoms with E-state index in [1.165, 1.54) is 18.4 Å². The van der Waals surface area contributed by atoms with Crippen molar-refractivity contribution < 1.29 is 0 Å². The van der Waals surface area contributed by atoms with Gasteiger partial charge in [0.2, 0.25) is 0 Å². The molecule has 0 spiro atoms. The summed E-state index contributed by atoms with van der Waals surface area (Å²) < 4.78 is 0. The first kappa shape index (κ1) is 11.2. The third-order valence-electron chi connectivity index (χ3n) is 2.50. The van der Waals surface area contributed by atoms with Gasteiger partial charge in [0.05, 0.1) is 0 Å². The summed E-state index contributed by atoms with van der Waals surface area (Å²) in [6.07, 6.45) is 6.29. The Bertz CT molecular complexity index is 271. The molecule has 1 unspecified atom stereocenters. The van der Waals surface area contributed by atoms with Gasteiger partial charge in [-0.2, -0.15) is 0 Å². The van der Waals surface area contributed by atoms with Crippen molar-refractivity contribution in [3.63, 3.8) is 0 Å². The standard InChI is InChI=1S/C12H20N2/c1-3-4-7-11(13)9-12-10(2)6-5-8-14-12/h5-6,8,11H,3-4,7,9,13H2,1-2H3. The summed E-state index contributed by atoms with van der Waals surface area (Å²) in [5, 5.41) is 0. The molecule has 0 aliphatic rings. The monoisotopic (exact) mass is 192 g/mol. The minimum atomic E-state index is 0.267. The van der Waals surface area contributed by atoms with Crippen molar-refractivity contribution in [2.45, 2.75) is 45.6 Å². The number of pyridine rings is 1. The number of aromatic nitrogens is 1. The predicted molar refractivity (Wildman–Crippen MR) is 60.2 cm³/mol. The van der Waals surface area contributed by atoms with E-state index in [0.717, 1.165) is 18.5 Å².